The SMILES string of the molecule is OC[C@H]1O[C@@H](N2CCC(O)NC2O)[C@H](O)[C@@H]1O. The minimum Gasteiger partial charge on any atom is -0.394 e. The highest BCUT2D eigenvalue weighted by Crippen LogP contribution is 2.26. The highest BCUT2D eigenvalue weighted by molar-refractivity contribution is 4.91. The van der Waals surface area contributed by atoms with E-state index in [-0.39, 0.29) is 0 Å². The van der Waals surface area contributed by atoms with E-state index in [2.05, 4.69) is 5.32 Å². The predicted molar refractivity (Wildman–Crippen MR) is 54.2 cm³/mol. The number of nitrogens with one attached hydrogen (secondary N) is 1. The number of aliphatic hydroxyl groups excluding tert-OH is 5. The Morgan fingerprint density at radius 2 is 1.88 bits per heavy atom. The third kappa shape index (κ3) is 2.44. The molecule has 0 bridgehead atoms. The van der Waals surface area contributed by atoms with Crippen molar-refractivity contribution in [3.63, 3.8) is 0 Å². The molecule has 0 radical (unpaired) electrons. The minimum absolute atomic E-state index is 0.307. The maximum absolute atomic E-state index is 9.77. The van der Waals surface area contributed by atoms with Crippen molar-refractivity contribution >= 4 is 0 Å². The first-order valence-corrected chi connectivity index (χ1v) is 5.55. The molecular formula is C9H18N2O6. The zero-order chi connectivity index (χ0) is 12.6. The van der Waals surface area contributed by atoms with Crippen LogP contribution < -0.4 is 5.32 Å². The van der Waals surface area contributed by atoms with Gasteiger partial charge in [-0.15, -0.1) is 0 Å². The molecule has 100 valence electrons. The van der Waals surface area contributed by atoms with Crippen LogP contribution in [0.2, 0.25) is 0 Å². The second-order valence-corrected chi connectivity index (χ2v) is 4.31. The molecule has 0 amide bonds. The lowest BCUT2D eigenvalue weighted by Crippen LogP contribution is -2.61. The third-order valence-corrected chi connectivity index (χ3v) is 3.16. The van der Waals surface area contributed by atoms with Crippen molar-refractivity contribution in [2.75, 3.05) is 13.2 Å². The van der Waals surface area contributed by atoms with Crippen molar-refractivity contribution in [2.24, 2.45) is 0 Å². The van der Waals surface area contributed by atoms with Crippen LogP contribution in [0, 0.1) is 0 Å². The molecule has 6 atom stereocenters. The fourth-order valence-corrected chi connectivity index (χ4v) is 2.17. The summed E-state index contributed by atoms with van der Waals surface area (Å²) in [7, 11) is 0. The summed E-state index contributed by atoms with van der Waals surface area (Å²) >= 11 is 0. The molecule has 0 saturated carbocycles. The fourth-order valence-electron chi connectivity index (χ4n) is 2.17. The van der Waals surface area contributed by atoms with Crippen LogP contribution in [0.25, 0.3) is 0 Å². The van der Waals surface area contributed by atoms with Crippen molar-refractivity contribution in [1.29, 1.82) is 0 Å². The number of nitrogens with zero attached hydrogens (tertiary/aromatic N) is 1. The van der Waals surface area contributed by atoms with Gasteiger partial charge in [0.05, 0.1) is 6.61 Å². The smallest absolute Gasteiger partial charge is 0.167 e. The summed E-state index contributed by atoms with van der Waals surface area (Å²) in [5.74, 6) is 0. The zero-order valence-corrected chi connectivity index (χ0v) is 9.18. The Balaban J connectivity index is 2.03. The molecule has 17 heavy (non-hydrogen) atoms. The molecule has 2 saturated heterocycles. The van der Waals surface area contributed by atoms with E-state index in [0.29, 0.717) is 13.0 Å². The van der Waals surface area contributed by atoms with E-state index >= 15 is 0 Å². The van der Waals surface area contributed by atoms with E-state index in [1.807, 2.05) is 0 Å². The molecule has 0 aromatic carbocycles. The van der Waals surface area contributed by atoms with Gasteiger partial charge in [-0.25, -0.2) is 4.90 Å². The van der Waals surface area contributed by atoms with Gasteiger partial charge in [-0.3, -0.25) is 5.32 Å². The molecule has 2 unspecified atom stereocenters. The van der Waals surface area contributed by atoms with Crippen molar-refractivity contribution in [3.8, 4) is 0 Å². The van der Waals surface area contributed by atoms with Gasteiger partial charge in [0, 0.05) is 6.54 Å². The highest BCUT2D eigenvalue weighted by atomic mass is 16.6. The fraction of sp³-hybridized carbons (Fsp3) is 1.00. The number of aliphatic hydroxyl groups is 5. The molecule has 2 fully saturated rings. The van der Waals surface area contributed by atoms with Crippen LogP contribution in [0.15, 0.2) is 0 Å². The number of hydrogen-bond donors (Lipinski definition) is 6. The molecule has 8 nitrogen and oxygen atoms in total. The minimum atomic E-state index is -1.21. The summed E-state index contributed by atoms with van der Waals surface area (Å²) in [5.41, 5.74) is 0. The summed E-state index contributed by atoms with van der Waals surface area (Å²) in [6.45, 7) is -0.101. The molecule has 2 heterocycles. The Morgan fingerprint density at radius 3 is 2.41 bits per heavy atom. The monoisotopic (exact) mass is 250 g/mol. The Kier molecular flexibility index (Phi) is 3.95. The highest BCUT2D eigenvalue weighted by Gasteiger charge is 2.47. The standard InChI is InChI=1S/C9H18N2O6/c12-3-4-6(14)7(15)8(17-4)11-2-1-5(13)10-9(11)16/h4-10,12-16H,1-3H2/t4-,5?,6-,7-,8-,9?/m1/s1. The first kappa shape index (κ1) is 13.1. The lowest BCUT2D eigenvalue weighted by atomic mass is 10.1. The van der Waals surface area contributed by atoms with E-state index in [9.17, 15) is 20.4 Å². The van der Waals surface area contributed by atoms with Gasteiger partial charge in [0.1, 0.15) is 30.8 Å². The number of ether oxygens (including phenoxy) is 1. The van der Waals surface area contributed by atoms with Crippen LogP contribution in [0.3, 0.4) is 0 Å². The third-order valence-electron chi connectivity index (χ3n) is 3.16. The van der Waals surface area contributed by atoms with Gasteiger partial charge in [-0.05, 0) is 6.42 Å². The lowest BCUT2D eigenvalue weighted by molar-refractivity contribution is -0.191. The Bertz CT molecular complexity index is 268. The van der Waals surface area contributed by atoms with Crippen LogP contribution in [0.4, 0.5) is 0 Å². The van der Waals surface area contributed by atoms with Crippen molar-refractivity contribution in [1.82, 2.24) is 10.2 Å². The van der Waals surface area contributed by atoms with Gasteiger partial charge in [0.2, 0.25) is 0 Å². The molecular weight excluding hydrogens is 232 g/mol. The first-order chi connectivity index (χ1) is 8.04. The van der Waals surface area contributed by atoms with Gasteiger partial charge in [-0.1, -0.05) is 0 Å². The first-order valence-electron chi connectivity index (χ1n) is 5.55. The average Bonchev–Trinajstić information content (AvgIpc) is 2.57. The van der Waals surface area contributed by atoms with Crippen LogP contribution >= 0.6 is 0 Å². The van der Waals surface area contributed by atoms with E-state index in [0.717, 1.165) is 0 Å². The van der Waals surface area contributed by atoms with Crippen molar-refractivity contribution < 1.29 is 30.3 Å². The topological polar surface area (TPSA) is 126 Å². The Labute approximate surface area is 98.0 Å². The van der Waals surface area contributed by atoms with E-state index in [1.54, 1.807) is 0 Å². The molecule has 0 aromatic heterocycles. The van der Waals surface area contributed by atoms with Gasteiger partial charge in [-0.2, -0.15) is 0 Å². The molecule has 0 aromatic rings. The summed E-state index contributed by atoms with van der Waals surface area (Å²) in [4.78, 5) is 1.39. The Morgan fingerprint density at radius 1 is 1.18 bits per heavy atom. The maximum Gasteiger partial charge on any atom is 0.167 e. The number of rotatable bonds is 2. The van der Waals surface area contributed by atoms with Crippen LogP contribution in [-0.2, 0) is 4.74 Å². The van der Waals surface area contributed by atoms with Crippen molar-refractivity contribution in [3.05, 3.63) is 0 Å². The maximum atomic E-state index is 9.77. The second kappa shape index (κ2) is 5.12. The summed E-state index contributed by atoms with van der Waals surface area (Å²) in [6, 6.07) is 0. The molecule has 0 spiro atoms. The predicted octanol–water partition coefficient (Wildman–Crippen LogP) is -3.68. The summed E-state index contributed by atoms with van der Waals surface area (Å²) < 4.78 is 5.27. The van der Waals surface area contributed by atoms with Gasteiger partial charge >= 0.3 is 0 Å². The molecule has 0 aliphatic carbocycles. The summed E-state index contributed by atoms with van der Waals surface area (Å²) in [5, 5.41) is 49.7. The average molecular weight is 250 g/mol. The number of hydrogen-bond acceptors (Lipinski definition) is 8. The van der Waals surface area contributed by atoms with Crippen molar-refractivity contribution in [2.45, 2.75) is 43.5 Å². The van der Waals surface area contributed by atoms with Gasteiger partial charge in [0.15, 0.2) is 6.35 Å². The quantitative estimate of drug-likeness (QED) is 0.296. The van der Waals surface area contributed by atoms with Crippen LogP contribution in [0.5, 0.6) is 0 Å². The lowest BCUT2D eigenvalue weighted by Gasteiger charge is -2.39. The van der Waals surface area contributed by atoms with Crippen LogP contribution in [-0.4, -0.2) is 80.7 Å². The molecule has 2 aliphatic heterocycles. The van der Waals surface area contributed by atoms with E-state index in [1.165, 1.54) is 4.90 Å². The second-order valence-electron chi connectivity index (χ2n) is 4.31. The molecule has 6 N–H and O–H groups in total. The zero-order valence-electron chi connectivity index (χ0n) is 9.18. The van der Waals surface area contributed by atoms with Gasteiger partial charge < -0.3 is 30.3 Å². The largest absolute Gasteiger partial charge is 0.394 e. The molecule has 2 aliphatic rings. The molecule has 8 heteroatoms. The van der Waals surface area contributed by atoms with Gasteiger partial charge in [0.25, 0.3) is 0 Å². The normalized spacial score (nSPS) is 48.5. The van der Waals surface area contributed by atoms with E-state index < -0.39 is 43.7 Å². The molecule has 2 rings (SSSR count). The van der Waals surface area contributed by atoms with E-state index in [4.69, 9.17) is 9.84 Å². The Hall–Kier alpha value is -0.320. The summed E-state index contributed by atoms with van der Waals surface area (Å²) in [6.07, 6.45) is -5.78. The van der Waals surface area contributed by atoms with Crippen LogP contribution in [0.1, 0.15) is 6.42 Å².